The molecule has 0 saturated heterocycles. The first-order valence-electron chi connectivity index (χ1n) is 17.5. The largest absolute Gasteiger partial charge is 0.423 e. The Morgan fingerprint density at radius 2 is 1.05 bits per heavy atom. The number of hydrogen-bond acceptors (Lipinski definition) is 10. The summed E-state index contributed by atoms with van der Waals surface area (Å²) in [4.78, 5) is 46.8. The maximum Gasteiger partial charge on any atom is 0.287 e. The van der Waals surface area contributed by atoms with Gasteiger partial charge in [0.25, 0.3) is 11.1 Å². The Morgan fingerprint density at radius 1 is 0.545 bits per heavy atom. The zero-order valence-corrected chi connectivity index (χ0v) is 29.4. The van der Waals surface area contributed by atoms with E-state index in [9.17, 15) is 14.8 Å². The predicted octanol–water partition coefficient (Wildman–Crippen LogP) is 6.98. The summed E-state index contributed by atoms with van der Waals surface area (Å²) >= 11 is 0. The third-order valence-corrected chi connectivity index (χ3v) is 9.10. The summed E-state index contributed by atoms with van der Waals surface area (Å²) in [6.07, 6.45) is 5.96. The van der Waals surface area contributed by atoms with Crippen LogP contribution in [0.15, 0.2) is 162 Å². The second kappa shape index (κ2) is 15.6. The summed E-state index contributed by atoms with van der Waals surface area (Å²) in [5.41, 5.74) is 4.22. The van der Waals surface area contributed by atoms with Crippen molar-refractivity contribution in [3.8, 4) is 0 Å². The number of pyridine rings is 2. The molecule has 0 spiro atoms. The number of aromatic nitrogens is 6. The van der Waals surface area contributed by atoms with E-state index < -0.39 is 5.56 Å². The first kappa shape index (κ1) is 34.5. The lowest BCUT2D eigenvalue weighted by atomic mass is 10.1. The van der Waals surface area contributed by atoms with Crippen LogP contribution in [0.4, 0.5) is 11.4 Å². The van der Waals surface area contributed by atoms with Crippen molar-refractivity contribution in [2.75, 3.05) is 10.6 Å². The van der Waals surface area contributed by atoms with Crippen LogP contribution in [0.25, 0.3) is 43.6 Å². The fraction of sp³-hybridized carbons (Fsp3) is 0.0698. The molecule has 0 saturated carbocycles. The second-order valence-electron chi connectivity index (χ2n) is 12.7. The normalized spacial score (nSPS) is 11.0. The van der Waals surface area contributed by atoms with E-state index in [1.807, 2.05) is 60.7 Å². The molecule has 55 heavy (non-hydrogen) atoms. The minimum Gasteiger partial charge on any atom is -0.423 e. The number of rotatable bonds is 9. The van der Waals surface area contributed by atoms with E-state index >= 15 is 0 Å². The van der Waals surface area contributed by atoms with Gasteiger partial charge in [0.15, 0.2) is 11.3 Å². The van der Waals surface area contributed by atoms with E-state index in [1.54, 1.807) is 12.4 Å². The molecule has 0 aliphatic heterocycles. The molecule has 4 aromatic heterocycles. The van der Waals surface area contributed by atoms with E-state index in [-0.39, 0.29) is 17.8 Å². The highest BCUT2D eigenvalue weighted by molar-refractivity contribution is 5.89. The highest BCUT2D eigenvalue weighted by Crippen LogP contribution is 2.23. The third kappa shape index (κ3) is 7.64. The van der Waals surface area contributed by atoms with Crippen LogP contribution in [0, 0.1) is 0 Å². The van der Waals surface area contributed by atoms with Crippen LogP contribution in [-0.2, 0) is 19.7 Å². The molecule has 12 nitrogen and oxygen atoms in total. The second-order valence-corrected chi connectivity index (χ2v) is 12.7. The van der Waals surface area contributed by atoms with E-state index in [0.717, 1.165) is 27.5 Å². The van der Waals surface area contributed by atoms with Crippen LogP contribution in [0.5, 0.6) is 0 Å². The van der Waals surface area contributed by atoms with Gasteiger partial charge in [-0.1, -0.05) is 103 Å². The number of benzene rings is 5. The molecule has 0 fully saturated rings. The number of fused-ring (bicyclic) bond motifs is 4. The van der Waals surface area contributed by atoms with Gasteiger partial charge in [0.05, 0.1) is 22.1 Å². The van der Waals surface area contributed by atoms with Crippen LogP contribution in [0.3, 0.4) is 0 Å². The topological polar surface area (TPSA) is 149 Å². The summed E-state index contributed by atoms with van der Waals surface area (Å²) in [6.45, 7) is 1.39. The van der Waals surface area contributed by atoms with Gasteiger partial charge in [0.2, 0.25) is 0 Å². The van der Waals surface area contributed by atoms with Crippen molar-refractivity contribution < 1.29 is 10.0 Å². The Kier molecular flexibility index (Phi) is 9.76. The molecular formula is C43H34N8O4. The maximum absolute atomic E-state index is 12.8. The van der Waals surface area contributed by atoms with Gasteiger partial charge in [0.1, 0.15) is 19.3 Å². The summed E-state index contributed by atoms with van der Waals surface area (Å²) in [6, 6.07) is 41.5. The quantitative estimate of drug-likeness (QED) is 0.133. The highest BCUT2D eigenvalue weighted by atomic mass is 16.7. The summed E-state index contributed by atoms with van der Waals surface area (Å²) in [7, 11) is 0. The molecule has 0 amide bonds. The van der Waals surface area contributed by atoms with Gasteiger partial charge in [-0.25, -0.2) is 19.9 Å². The van der Waals surface area contributed by atoms with Gasteiger partial charge >= 0.3 is 0 Å². The lowest BCUT2D eigenvalue weighted by molar-refractivity contribution is 0.0980. The van der Waals surface area contributed by atoms with Crippen molar-refractivity contribution >= 4 is 55.0 Å². The highest BCUT2D eigenvalue weighted by Gasteiger charge is 2.13. The molecular weight excluding hydrogens is 693 g/mol. The van der Waals surface area contributed by atoms with Gasteiger partial charge in [0, 0.05) is 37.6 Å². The van der Waals surface area contributed by atoms with Crippen molar-refractivity contribution in [3.05, 3.63) is 190 Å². The van der Waals surface area contributed by atoms with Crippen LogP contribution < -0.4 is 26.6 Å². The van der Waals surface area contributed by atoms with Gasteiger partial charge < -0.3 is 20.7 Å². The minimum absolute atomic E-state index is 0.179. The Bertz CT molecular complexity index is 2910. The molecule has 0 bridgehead atoms. The Morgan fingerprint density at radius 3 is 1.65 bits per heavy atom. The van der Waals surface area contributed by atoms with Crippen molar-refractivity contribution in [1.29, 1.82) is 0 Å². The lowest BCUT2D eigenvalue weighted by Crippen LogP contribution is -2.27. The number of anilines is 2. The minimum atomic E-state index is -0.540. The fourth-order valence-electron chi connectivity index (χ4n) is 6.31. The molecule has 0 unspecified atom stereocenters. The molecule has 0 aliphatic carbocycles. The third-order valence-electron chi connectivity index (χ3n) is 9.10. The summed E-state index contributed by atoms with van der Waals surface area (Å²) in [5.74, 6) is 0. The van der Waals surface area contributed by atoms with Crippen molar-refractivity contribution in [3.63, 3.8) is 0 Å². The Labute approximate surface area is 313 Å². The van der Waals surface area contributed by atoms with E-state index in [1.165, 1.54) is 45.7 Å². The van der Waals surface area contributed by atoms with Crippen LogP contribution in [0.2, 0.25) is 0 Å². The van der Waals surface area contributed by atoms with Crippen molar-refractivity contribution in [2.24, 2.45) is 0 Å². The molecule has 9 rings (SSSR count). The molecule has 0 atom stereocenters. The fourth-order valence-corrected chi connectivity index (χ4v) is 6.31. The molecule has 270 valence electrons. The first-order valence-corrected chi connectivity index (χ1v) is 17.5. The van der Waals surface area contributed by atoms with Crippen LogP contribution >= 0.6 is 0 Å². The lowest BCUT2D eigenvalue weighted by Gasteiger charge is -2.14. The van der Waals surface area contributed by atoms with Gasteiger partial charge in [-0.3, -0.25) is 9.59 Å². The van der Waals surface area contributed by atoms with Crippen LogP contribution in [0.1, 0.15) is 16.7 Å². The van der Waals surface area contributed by atoms with E-state index in [4.69, 9.17) is 4.84 Å². The monoisotopic (exact) mass is 726 g/mol. The molecule has 9 aromatic rings. The van der Waals surface area contributed by atoms with Gasteiger partial charge in [-0.05, 0) is 50.4 Å². The standard InChI is InChI=1S/C25H20N4O2.C18H14N4O2/c30-24-13-23(27-14-19-10-11-20-8-4-5-9-21(20)12-19)22-15-26-17-28-25(22)29(24)31-16-18-6-2-1-3-7-18;23-17-8-16(15-10-19-11-21-18(15)22(17)24)20-9-12-5-6-13-3-1-2-4-14(13)7-12/h1-13,15,17,27H,14,16H2;1-8,10-11,20,24H,9H2. The van der Waals surface area contributed by atoms with Crippen LogP contribution in [-0.4, -0.2) is 34.6 Å². The zero-order chi connectivity index (χ0) is 37.6. The number of nitrogens with zero attached hydrogens (tertiary/aromatic N) is 6. The average Bonchev–Trinajstić information content (AvgIpc) is 3.24. The predicted molar refractivity (Wildman–Crippen MR) is 214 cm³/mol. The maximum atomic E-state index is 12.8. The summed E-state index contributed by atoms with van der Waals surface area (Å²) in [5, 5.41) is 22.4. The van der Waals surface area contributed by atoms with Crippen molar-refractivity contribution in [1.82, 2.24) is 29.4 Å². The Hall–Kier alpha value is -7.60. The van der Waals surface area contributed by atoms with Crippen molar-refractivity contribution in [2.45, 2.75) is 19.7 Å². The molecule has 4 heterocycles. The van der Waals surface area contributed by atoms with Gasteiger partial charge in [-0.2, -0.15) is 0 Å². The molecule has 12 heteroatoms. The average molecular weight is 727 g/mol. The molecule has 0 radical (unpaired) electrons. The SMILES string of the molecule is O=c1cc(NCc2ccc3ccccc3c2)c2cncnc2n1O.O=c1cc(NCc2ccc3ccccc3c2)c2cncnc2n1OCc1ccccc1. The number of nitrogens with one attached hydrogen (secondary N) is 2. The zero-order valence-electron chi connectivity index (χ0n) is 29.4. The van der Waals surface area contributed by atoms with Gasteiger partial charge in [-0.15, -0.1) is 9.46 Å². The molecule has 5 aromatic carbocycles. The smallest absolute Gasteiger partial charge is 0.287 e. The summed E-state index contributed by atoms with van der Waals surface area (Å²) < 4.78 is 1.75. The molecule has 0 aliphatic rings. The van der Waals surface area contributed by atoms with E-state index in [0.29, 0.717) is 40.2 Å². The molecule has 3 N–H and O–H groups in total. The number of hydrogen-bond donors (Lipinski definition) is 3. The van der Waals surface area contributed by atoms with E-state index in [2.05, 4.69) is 85.2 Å². The first-order chi connectivity index (χ1) is 27.0. The Balaban J connectivity index is 0.000000160.